The molecule has 0 aliphatic rings. The lowest BCUT2D eigenvalue weighted by atomic mass is 10.3. The number of hydrogen-bond acceptors (Lipinski definition) is 3. The number of furan rings is 1. The molecule has 2 rings (SSSR count). The molecule has 0 aliphatic heterocycles. The first-order valence-corrected chi connectivity index (χ1v) is 6.96. The molecule has 3 nitrogen and oxygen atoms in total. The summed E-state index contributed by atoms with van der Waals surface area (Å²) < 4.78 is 48.1. The lowest BCUT2D eigenvalue weighted by Crippen LogP contribution is -2.04. The Bertz CT molecular complexity index is 585. The molecule has 1 heterocycles. The minimum atomic E-state index is -3.05. The minimum Gasteiger partial charge on any atom is -0.451 e. The highest BCUT2D eigenvalue weighted by Crippen LogP contribution is 2.28. The third kappa shape index (κ3) is 3.92. The first kappa shape index (κ1) is 15.2. The van der Waals surface area contributed by atoms with Crippen molar-refractivity contribution in [1.82, 2.24) is 0 Å². The van der Waals surface area contributed by atoms with Crippen LogP contribution in [0, 0.1) is 5.82 Å². The molecule has 20 heavy (non-hydrogen) atoms. The lowest BCUT2D eigenvalue weighted by Gasteiger charge is -2.08. The second-order valence-electron chi connectivity index (χ2n) is 3.71. The number of alkyl halides is 2. The summed E-state index contributed by atoms with van der Waals surface area (Å²) in [6.45, 7) is -2.74. The summed E-state index contributed by atoms with van der Waals surface area (Å²) >= 11 is 6.47. The SMILES string of the molecule is Fc1cc(NCc2cc(Br)c(Br)o2)ccc1OC(F)F. The summed E-state index contributed by atoms with van der Waals surface area (Å²) in [5.41, 5.74) is 0.424. The summed E-state index contributed by atoms with van der Waals surface area (Å²) in [4.78, 5) is 0. The van der Waals surface area contributed by atoms with E-state index in [1.54, 1.807) is 6.07 Å². The van der Waals surface area contributed by atoms with Crippen LogP contribution in [0.25, 0.3) is 0 Å². The summed E-state index contributed by atoms with van der Waals surface area (Å²) in [5.74, 6) is -0.733. The number of halogens is 5. The second kappa shape index (κ2) is 6.53. The van der Waals surface area contributed by atoms with Gasteiger partial charge in [0, 0.05) is 11.8 Å². The summed E-state index contributed by atoms with van der Waals surface area (Å²) in [7, 11) is 0. The Labute approximate surface area is 129 Å². The zero-order valence-electron chi connectivity index (χ0n) is 9.80. The van der Waals surface area contributed by atoms with E-state index >= 15 is 0 Å². The number of nitrogens with one attached hydrogen (secondary N) is 1. The quantitative estimate of drug-likeness (QED) is 0.733. The molecule has 0 radical (unpaired) electrons. The molecule has 8 heteroatoms. The Morgan fingerprint density at radius 1 is 1.25 bits per heavy atom. The highest BCUT2D eigenvalue weighted by molar-refractivity contribution is 9.13. The molecule has 0 saturated heterocycles. The fourth-order valence-corrected chi connectivity index (χ4v) is 2.13. The van der Waals surface area contributed by atoms with E-state index in [-0.39, 0.29) is 0 Å². The van der Waals surface area contributed by atoms with E-state index in [0.29, 0.717) is 22.7 Å². The maximum absolute atomic E-state index is 13.5. The van der Waals surface area contributed by atoms with Gasteiger partial charge in [0.2, 0.25) is 0 Å². The Morgan fingerprint density at radius 3 is 2.55 bits per heavy atom. The van der Waals surface area contributed by atoms with E-state index < -0.39 is 18.2 Å². The molecule has 0 bridgehead atoms. The van der Waals surface area contributed by atoms with E-state index in [1.165, 1.54) is 6.07 Å². The third-order valence-corrected chi connectivity index (χ3v) is 4.02. The van der Waals surface area contributed by atoms with E-state index in [1.807, 2.05) is 0 Å². The number of ether oxygens (including phenoxy) is 1. The second-order valence-corrected chi connectivity index (χ2v) is 5.29. The van der Waals surface area contributed by atoms with Gasteiger partial charge in [0.15, 0.2) is 16.2 Å². The maximum Gasteiger partial charge on any atom is 0.387 e. The molecule has 2 aromatic rings. The van der Waals surface area contributed by atoms with E-state index in [9.17, 15) is 13.2 Å². The fourth-order valence-electron chi connectivity index (χ4n) is 1.47. The van der Waals surface area contributed by atoms with Crippen molar-refractivity contribution in [3.05, 3.63) is 45.0 Å². The van der Waals surface area contributed by atoms with Crippen LogP contribution in [0.5, 0.6) is 5.75 Å². The number of rotatable bonds is 5. The smallest absolute Gasteiger partial charge is 0.387 e. The molecule has 1 aromatic heterocycles. The van der Waals surface area contributed by atoms with Gasteiger partial charge in [-0.05, 0) is 50.1 Å². The van der Waals surface area contributed by atoms with Crippen LogP contribution >= 0.6 is 31.9 Å². The molecule has 0 atom stereocenters. The van der Waals surface area contributed by atoms with Gasteiger partial charge in [-0.25, -0.2) is 4.39 Å². The third-order valence-electron chi connectivity index (χ3n) is 2.31. The molecule has 1 N–H and O–H groups in total. The van der Waals surface area contributed by atoms with Crippen molar-refractivity contribution in [2.45, 2.75) is 13.2 Å². The van der Waals surface area contributed by atoms with Crippen molar-refractivity contribution < 1.29 is 22.3 Å². The van der Waals surface area contributed by atoms with Crippen LogP contribution in [0.15, 0.2) is 37.8 Å². The van der Waals surface area contributed by atoms with Gasteiger partial charge < -0.3 is 14.5 Å². The van der Waals surface area contributed by atoms with Gasteiger partial charge >= 0.3 is 6.61 Å². The van der Waals surface area contributed by atoms with Crippen LogP contribution in [-0.4, -0.2) is 6.61 Å². The number of benzene rings is 1. The molecule has 0 aliphatic carbocycles. The van der Waals surface area contributed by atoms with Crippen LogP contribution < -0.4 is 10.1 Å². The molecule has 108 valence electrons. The molecule has 1 aromatic carbocycles. The average Bonchev–Trinajstić information content (AvgIpc) is 2.69. The molecular weight excluding hydrogens is 407 g/mol. The monoisotopic (exact) mass is 413 g/mol. The van der Waals surface area contributed by atoms with Crippen molar-refractivity contribution >= 4 is 37.5 Å². The fraction of sp³-hybridized carbons (Fsp3) is 0.167. The summed E-state index contributed by atoms with van der Waals surface area (Å²) in [5, 5.41) is 2.90. The minimum absolute atomic E-state index is 0.318. The van der Waals surface area contributed by atoms with Gasteiger partial charge in [0.1, 0.15) is 5.76 Å². The van der Waals surface area contributed by atoms with Crippen LogP contribution in [-0.2, 0) is 6.54 Å². The van der Waals surface area contributed by atoms with Crippen LogP contribution in [0.3, 0.4) is 0 Å². The Kier molecular flexibility index (Phi) is 4.98. The molecule has 0 spiro atoms. The van der Waals surface area contributed by atoms with Crippen molar-refractivity contribution in [2.24, 2.45) is 0 Å². The van der Waals surface area contributed by atoms with Crippen LogP contribution in [0.1, 0.15) is 5.76 Å². The van der Waals surface area contributed by atoms with E-state index in [4.69, 9.17) is 4.42 Å². The van der Waals surface area contributed by atoms with Gasteiger partial charge in [-0.15, -0.1) is 0 Å². The number of hydrogen-bond donors (Lipinski definition) is 1. The Hall–Kier alpha value is -1.15. The van der Waals surface area contributed by atoms with Gasteiger partial charge in [-0.3, -0.25) is 0 Å². The van der Waals surface area contributed by atoms with E-state index in [0.717, 1.165) is 16.6 Å². The molecule has 0 amide bonds. The van der Waals surface area contributed by atoms with Crippen LogP contribution in [0.4, 0.5) is 18.9 Å². The summed E-state index contributed by atoms with van der Waals surface area (Å²) in [6.07, 6.45) is 0. The summed E-state index contributed by atoms with van der Waals surface area (Å²) in [6, 6.07) is 5.40. The molecule has 0 fully saturated rings. The molecular formula is C12H8Br2F3NO2. The molecule has 0 unspecified atom stereocenters. The first-order chi connectivity index (χ1) is 9.45. The van der Waals surface area contributed by atoms with Crippen molar-refractivity contribution in [2.75, 3.05) is 5.32 Å². The van der Waals surface area contributed by atoms with Crippen LogP contribution in [0.2, 0.25) is 0 Å². The Morgan fingerprint density at radius 2 is 2.00 bits per heavy atom. The Balaban J connectivity index is 2.01. The standard InChI is InChI=1S/C12H8Br2F3NO2/c13-8-4-7(19-11(8)14)5-18-6-1-2-10(9(15)3-6)20-12(16)17/h1-4,12,18H,5H2. The number of anilines is 1. The zero-order valence-corrected chi connectivity index (χ0v) is 13.0. The first-order valence-electron chi connectivity index (χ1n) is 5.37. The van der Waals surface area contributed by atoms with Gasteiger partial charge in [-0.2, -0.15) is 8.78 Å². The van der Waals surface area contributed by atoms with Crippen molar-refractivity contribution in [3.63, 3.8) is 0 Å². The predicted molar refractivity (Wildman–Crippen MR) is 74.5 cm³/mol. The van der Waals surface area contributed by atoms with E-state index in [2.05, 4.69) is 41.9 Å². The van der Waals surface area contributed by atoms with Gasteiger partial charge in [0.25, 0.3) is 0 Å². The van der Waals surface area contributed by atoms with Crippen molar-refractivity contribution in [1.29, 1.82) is 0 Å². The largest absolute Gasteiger partial charge is 0.451 e. The van der Waals surface area contributed by atoms with Crippen molar-refractivity contribution in [3.8, 4) is 5.75 Å². The van der Waals surface area contributed by atoms with Gasteiger partial charge in [-0.1, -0.05) is 0 Å². The highest BCUT2D eigenvalue weighted by atomic mass is 79.9. The normalized spacial score (nSPS) is 10.9. The topological polar surface area (TPSA) is 34.4 Å². The maximum atomic E-state index is 13.5. The predicted octanol–water partition coefficient (Wildman–Crippen LogP) is 5.16. The lowest BCUT2D eigenvalue weighted by molar-refractivity contribution is -0.0521. The zero-order chi connectivity index (χ0) is 14.7. The van der Waals surface area contributed by atoms with Gasteiger partial charge in [0.05, 0.1) is 11.0 Å². The molecule has 0 saturated carbocycles. The highest BCUT2D eigenvalue weighted by Gasteiger charge is 2.11. The average molecular weight is 415 g/mol.